The predicted octanol–water partition coefficient (Wildman–Crippen LogP) is 3.20. The van der Waals surface area contributed by atoms with Crippen LogP contribution in [0.5, 0.6) is 0 Å². The number of epoxide rings is 1. The molecule has 2 spiro atoms. The van der Waals surface area contributed by atoms with Crippen LogP contribution in [0.3, 0.4) is 0 Å². The van der Waals surface area contributed by atoms with Crippen LogP contribution in [0.4, 0.5) is 0 Å². The molecule has 4 aliphatic carbocycles. The Morgan fingerprint density at radius 3 is 2.60 bits per heavy atom. The van der Waals surface area contributed by atoms with Gasteiger partial charge in [0.2, 0.25) is 0 Å². The van der Waals surface area contributed by atoms with Crippen molar-refractivity contribution in [3.63, 3.8) is 0 Å². The SMILES string of the molecule is COC(=O)[C@@H]1CC2CC(=O)CCC2(C)[C@@]23O[C@@H]2CC2(C)C(CC[C@@]24CCC(=O)O4)C13. The van der Waals surface area contributed by atoms with E-state index < -0.39 is 5.60 Å². The van der Waals surface area contributed by atoms with Gasteiger partial charge in [0.25, 0.3) is 0 Å². The highest BCUT2D eigenvalue weighted by Gasteiger charge is 2.84. The Kier molecular flexibility index (Phi) is 3.64. The summed E-state index contributed by atoms with van der Waals surface area (Å²) >= 11 is 0. The normalized spacial score (nSPS) is 55.9. The lowest BCUT2D eigenvalue weighted by molar-refractivity contribution is -0.184. The van der Waals surface area contributed by atoms with E-state index in [1.165, 1.54) is 7.11 Å². The highest BCUT2D eigenvalue weighted by Crippen LogP contribution is 2.78. The van der Waals surface area contributed by atoms with Crippen LogP contribution in [0.25, 0.3) is 0 Å². The monoisotopic (exact) mass is 416 g/mol. The Balaban J connectivity index is 1.46. The highest BCUT2D eigenvalue weighted by atomic mass is 16.6. The zero-order valence-electron chi connectivity index (χ0n) is 18.2. The molecule has 0 aromatic heterocycles. The van der Waals surface area contributed by atoms with Gasteiger partial charge < -0.3 is 14.2 Å². The highest BCUT2D eigenvalue weighted by molar-refractivity contribution is 5.80. The van der Waals surface area contributed by atoms with Crippen LogP contribution in [0.2, 0.25) is 0 Å². The zero-order valence-corrected chi connectivity index (χ0v) is 18.2. The van der Waals surface area contributed by atoms with Crippen molar-refractivity contribution in [3.05, 3.63) is 0 Å². The van der Waals surface area contributed by atoms with Crippen molar-refractivity contribution in [2.24, 2.45) is 34.5 Å². The molecule has 30 heavy (non-hydrogen) atoms. The number of hydrogen-bond acceptors (Lipinski definition) is 6. The number of ether oxygens (including phenoxy) is 3. The van der Waals surface area contributed by atoms with Crippen LogP contribution in [0.15, 0.2) is 0 Å². The number of rotatable bonds is 1. The second-order valence-electron chi connectivity index (χ2n) is 11.4. The molecule has 0 bridgehead atoms. The molecule has 0 radical (unpaired) electrons. The molecule has 164 valence electrons. The van der Waals surface area contributed by atoms with E-state index in [9.17, 15) is 14.4 Å². The van der Waals surface area contributed by atoms with Gasteiger partial charge in [0.15, 0.2) is 0 Å². The first-order chi connectivity index (χ1) is 14.2. The molecule has 5 unspecified atom stereocenters. The molecule has 0 aromatic rings. The van der Waals surface area contributed by atoms with Gasteiger partial charge in [-0.25, -0.2) is 0 Å². The molecule has 2 saturated heterocycles. The fourth-order valence-corrected chi connectivity index (χ4v) is 9.19. The number of Topliss-reactive ketones (excluding diaryl/α,β-unsaturated/α-hetero) is 1. The number of carbonyl (C=O) groups is 3. The Hall–Kier alpha value is -1.43. The number of fused-ring (bicyclic) bond motifs is 4. The van der Waals surface area contributed by atoms with E-state index in [0.29, 0.717) is 31.5 Å². The van der Waals surface area contributed by atoms with E-state index in [0.717, 1.165) is 32.1 Å². The fourth-order valence-electron chi connectivity index (χ4n) is 9.19. The number of esters is 2. The summed E-state index contributed by atoms with van der Waals surface area (Å²) in [6.45, 7) is 4.59. The van der Waals surface area contributed by atoms with E-state index in [2.05, 4.69) is 13.8 Å². The van der Waals surface area contributed by atoms with E-state index in [1.54, 1.807) is 0 Å². The summed E-state index contributed by atoms with van der Waals surface area (Å²) in [5.74, 6) is 0.322. The van der Waals surface area contributed by atoms with Gasteiger partial charge in [0.1, 0.15) is 17.0 Å². The number of hydrogen-bond donors (Lipinski definition) is 0. The minimum absolute atomic E-state index is 0.0711. The summed E-state index contributed by atoms with van der Waals surface area (Å²) in [7, 11) is 1.47. The molecule has 2 aliphatic heterocycles. The van der Waals surface area contributed by atoms with Crippen molar-refractivity contribution in [3.8, 4) is 0 Å². The number of methoxy groups -OCH3 is 1. The van der Waals surface area contributed by atoms with E-state index >= 15 is 0 Å². The van der Waals surface area contributed by atoms with Gasteiger partial charge in [-0.15, -0.1) is 0 Å². The van der Waals surface area contributed by atoms with Gasteiger partial charge in [0.05, 0.1) is 19.1 Å². The van der Waals surface area contributed by atoms with Crippen molar-refractivity contribution in [2.75, 3.05) is 7.11 Å². The molecular weight excluding hydrogens is 384 g/mol. The van der Waals surface area contributed by atoms with Crippen molar-refractivity contribution in [2.45, 2.75) is 88.9 Å². The predicted molar refractivity (Wildman–Crippen MR) is 105 cm³/mol. The lowest BCUT2D eigenvalue weighted by Gasteiger charge is -2.60. The Morgan fingerprint density at radius 2 is 1.90 bits per heavy atom. The van der Waals surface area contributed by atoms with E-state index in [1.807, 2.05) is 0 Å². The smallest absolute Gasteiger partial charge is 0.309 e. The Bertz CT molecular complexity index is 853. The molecule has 6 fully saturated rings. The first-order valence-corrected chi connectivity index (χ1v) is 11.7. The third-order valence-electron chi connectivity index (χ3n) is 10.7. The maximum absolute atomic E-state index is 13.1. The van der Waals surface area contributed by atoms with E-state index in [-0.39, 0.29) is 58.1 Å². The fraction of sp³-hybridized carbons (Fsp3) is 0.875. The first-order valence-electron chi connectivity index (χ1n) is 11.7. The summed E-state index contributed by atoms with van der Waals surface area (Å²) in [5.41, 5.74) is -1.000. The molecule has 6 heteroatoms. The Morgan fingerprint density at radius 1 is 1.10 bits per heavy atom. The third-order valence-corrected chi connectivity index (χ3v) is 10.7. The quantitative estimate of drug-likeness (QED) is 0.482. The number of ketones is 1. The minimum Gasteiger partial charge on any atom is -0.469 e. The molecule has 6 rings (SSSR count). The van der Waals surface area contributed by atoms with Crippen molar-refractivity contribution >= 4 is 17.7 Å². The van der Waals surface area contributed by atoms with Crippen molar-refractivity contribution < 1.29 is 28.6 Å². The average Bonchev–Trinajstić information content (AvgIpc) is 3.20. The Labute approximate surface area is 177 Å². The third kappa shape index (κ3) is 1.98. The van der Waals surface area contributed by atoms with Crippen LogP contribution < -0.4 is 0 Å². The topological polar surface area (TPSA) is 82.2 Å². The van der Waals surface area contributed by atoms with Crippen LogP contribution >= 0.6 is 0 Å². The van der Waals surface area contributed by atoms with Gasteiger partial charge in [-0.1, -0.05) is 13.8 Å². The largest absolute Gasteiger partial charge is 0.469 e. The molecule has 0 amide bonds. The van der Waals surface area contributed by atoms with Gasteiger partial charge in [-0.3, -0.25) is 14.4 Å². The molecule has 6 nitrogen and oxygen atoms in total. The van der Waals surface area contributed by atoms with Gasteiger partial charge in [-0.2, -0.15) is 0 Å². The summed E-state index contributed by atoms with van der Waals surface area (Å²) in [6, 6.07) is 0. The van der Waals surface area contributed by atoms with E-state index in [4.69, 9.17) is 14.2 Å². The molecule has 9 atom stereocenters. The van der Waals surface area contributed by atoms with Crippen LogP contribution in [0, 0.1) is 34.5 Å². The maximum atomic E-state index is 13.1. The van der Waals surface area contributed by atoms with Crippen molar-refractivity contribution in [1.82, 2.24) is 0 Å². The van der Waals surface area contributed by atoms with Crippen LogP contribution in [-0.2, 0) is 28.6 Å². The second kappa shape index (κ2) is 5.67. The summed E-state index contributed by atoms with van der Waals surface area (Å²) in [5, 5.41) is 0. The minimum atomic E-state index is -0.409. The van der Waals surface area contributed by atoms with Crippen LogP contribution in [0.1, 0.15) is 71.6 Å². The molecular formula is C24H32O6. The maximum Gasteiger partial charge on any atom is 0.309 e. The lowest BCUT2D eigenvalue weighted by Crippen LogP contribution is -2.65. The summed E-state index contributed by atoms with van der Waals surface area (Å²) < 4.78 is 18.0. The van der Waals surface area contributed by atoms with Crippen molar-refractivity contribution in [1.29, 1.82) is 0 Å². The molecule has 0 aromatic carbocycles. The first kappa shape index (κ1) is 19.3. The molecule has 0 N–H and O–H groups in total. The number of carbonyl (C=O) groups excluding carboxylic acids is 3. The van der Waals surface area contributed by atoms with Gasteiger partial charge in [-0.05, 0) is 50.4 Å². The van der Waals surface area contributed by atoms with Gasteiger partial charge >= 0.3 is 11.9 Å². The average molecular weight is 417 g/mol. The molecule has 2 heterocycles. The van der Waals surface area contributed by atoms with Crippen LogP contribution in [-0.4, -0.2) is 42.1 Å². The standard InChI is InChI=1S/C24H32O6/c1-21-7-4-14(25)10-13(21)11-15(20(27)28-3)19-16-5-8-23(9-6-18(26)30-23)22(16,2)12-17-24(19,21)29-17/h13,15-17,19H,4-12H2,1-3H3/t13?,15-,16?,17-,19?,21?,22?,23-,24-/m1/s1. The molecule has 4 saturated carbocycles. The summed E-state index contributed by atoms with van der Waals surface area (Å²) in [4.78, 5) is 37.5. The lowest BCUT2D eigenvalue weighted by atomic mass is 9.42. The van der Waals surface area contributed by atoms with Gasteiger partial charge in [0, 0.05) is 36.0 Å². The zero-order chi connectivity index (χ0) is 21.1. The molecule has 6 aliphatic rings. The second-order valence-corrected chi connectivity index (χ2v) is 11.4. The summed E-state index contributed by atoms with van der Waals surface area (Å²) in [6.07, 6.45) is 6.79.